The van der Waals surface area contributed by atoms with Gasteiger partial charge in [-0.3, -0.25) is 4.79 Å². The lowest BCUT2D eigenvalue weighted by Crippen LogP contribution is -2.25. The molecule has 0 aliphatic carbocycles. The van der Waals surface area contributed by atoms with Gasteiger partial charge in [-0.1, -0.05) is 12.1 Å². The predicted molar refractivity (Wildman–Crippen MR) is 100 cm³/mol. The number of carbonyl (C=O) groups excluding carboxylic acids is 1. The minimum absolute atomic E-state index is 0.134. The summed E-state index contributed by atoms with van der Waals surface area (Å²) in [5.41, 5.74) is 3.41. The largest absolute Gasteiger partial charge is 0.351 e. The molecule has 25 heavy (non-hydrogen) atoms. The van der Waals surface area contributed by atoms with Crippen LogP contribution in [0.25, 0.3) is 15.9 Å². The lowest BCUT2D eigenvalue weighted by Gasteiger charge is -2.01. The van der Waals surface area contributed by atoms with E-state index >= 15 is 0 Å². The number of aryl methyl sites for hydroxylation is 2. The number of para-hydroxylation sites is 1. The van der Waals surface area contributed by atoms with Gasteiger partial charge in [-0.05, 0) is 43.2 Å². The number of thiazole rings is 1. The summed E-state index contributed by atoms with van der Waals surface area (Å²) in [6.45, 7) is 2.62. The van der Waals surface area contributed by atoms with Crippen LogP contribution in [0.3, 0.4) is 0 Å². The predicted octanol–water partition coefficient (Wildman–Crippen LogP) is 3.62. The van der Waals surface area contributed by atoms with Crippen LogP contribution < -0.4 is 5.32 Å². The summed E-state index contributed by atoms with van der Waals surface area (Å²) in [4.78, 5) is 21.2. The Morgan fingerprint density at radius 1 is 1.24 bits per heavy atom. The van der Waals surface area contributed by atoms with Crippen LogP contribution in [-0.4, -0.2) is 26.8 Å². The zero-order valence-electron chi connectivity index (χ0n) is 13.9. The van der Waals surface area contributed by atoms with Gasteiger partial charge in [0.25, 0.3) is 5.91 Å². The van der Waals surface area contributed by atoms with E-state index in [1.807, 2.05) is 47.9 Å². The molecule has 0 aliphatic heterocycles. The van der Waals surface area contributed by atoms with Gasteiger partial charge in [-0.2, -0.15) is 0 Å². The number of imidazole rings is 1. The molecule has 3 heterocycles. The zero-order chi connectivity index (χ0) is 17.2. The van der Waals surface area contributed by atoms with Crippen molar-refractivity contribution < 1.29 is 4.79 Å². The van der Waals surface area contributed by atoms with Gasteiger partial charge in [0.15, 0.2) is 0 Å². The first kappa shape index (κ1) is 15.8. The van der Waals surface area contributed by atoms with Crippen LogP contribution in [0.5, 0.6) is 0 Å². The van der Waals surface area contributed by atoms with Crippen molar-refractivity contribution in [3.63, 3.8) is 0 Å². The van der Waals surface area contributed by atoms with Crippen molar-refractivity contribution in [3.8, 4) is 0 Å². The van der Waals surface area contributed by atoms with E-state index in [-0.39, 0.29) is 5.91 Å². The Labute approximate surface area is 149 Å². The molecular formula is C19H18N4OS. The molecule has 126 valence electrons. The molecule has 0 bridgehead atoms. The first-order valence-electron chi connectivity index (χ1n) is 8.27. The Bertz CT molecular complexity index is 1020. The van der Waals surface area contributed by atoms with Gasteiger partial charge in [-0.15, -0.1) is 11.3 Å². The summed E-state index contributed by atoms with van der Waals surface area (Å²) in [5.74, 6) is -0.134. The van der Waals surface area contributed by atoms with Gasteiger partial charge >= 0.3 is 0 Å². The van der Waals surface area contributed by atoms with E-state index in [0.29, 0.717) is 12.2 Å². The summed E-state index contributed by atoms with van der Waals surface area (Å²) in [5, 5.41) is 4.05. The zero-order valence-corrected chi connectivity index (χ0v) is 14.7. The summed E-state index contributed by atoms with van der Waals surface area (Å²) in [7, 11) is 0. The maximum absolute atomic E-state index is 12.3. The number of aromatic nitrogens is 3. The number of nitrogens with one attached hydrogen (secondary N) is 1. The molecule has 0 radical (unpaired) electrons. The third-order valence-corrected chi connectivity index (χ3v) is 5.14. The number of carbonyl (C=O) groups is 1. The fourth-order valence-corrected chi connectivity index (χ4v) is 3.76. The molecule has 0 spiro atoms. The highest BCUT2D eigenvalue weighted by Crippen LogP contribution is 2.22. The summed E-state index contributed by atoms with van der Waals surface area (Å²) >= 11 is 1.72. The van der Waals surface area contributed by atoms with E-state index in [2.05, 4.69) is 21.4 Å². The highest BCUT2D eigenvalue weighted by molar-refractivity contribution is 7.18. The lowest BCUT2D eigenvalue weighted by atomic mass is 10.3. The molecule has 4 aromatic rings. The molecule has 1 N–H and O–H groups in total. The minimum atomic E-state index is -0.134. The van der Waals surface area contributed by atoms with Crippen molar-refractivity contribution in [2.24, 2.45) is 0 Å². The average Bonchev–Trinajstić information content (AvgIpc) is 3.21. The van der Waals surface area contributed by atoms with Crippen LogP contribution in [0.4, 0.5) is 0 Å². The second-order valence-electron chi connectivity index (χ2n) is 6.03. The molecule has 0 fully saturated rings. The second-order valence-corrected chi connectivity index (χ2v) is 7.15. The maximum Gasteiger partial charge on any atom is 0.271 e. The molecule has 0 aliphatic rings. The van der Waals surface area contributed by atoms with Crippen molar-refractivity contribution in [2.75, 3.05) is 6.54 Å². The molecule has 6 heteroatoms. The highest BCUT2D eigenvalue weighted by atomic mass is 32.1. The molecule has 5 nitrogen and oxygen atoms in total. The fraction of sp³-hybridized carbons (Fsp3) is 0.211. The SMILES string of the molecule is Cc1ccn2cc(C(=O)NCCCc3nc4ccccc4s3)nc2c1. The molecule has 0 saturated heterocycles. The van der Waals surface area contributed by atoms with E-state index in [9.17, 15) is 4.79 Å². The standard InChI is InChI=1S/C19H18N4OS/c1-13-8-10-23-12-15(21-17(23)11-13)19(24)20-9-4-7-18-22-14-5-2-3-6-16(14)25-18/h2-3,5-6,8,10-12H,4,7,9H2,1H3,(H,20,24). The van der Waals surface area contributed by atoms with Gasteiger partial charge in [0.2, 0.25) is 0 Å². The van der Waals surface area contributed by atoms with Crippen LogP contribution in [0, 0.1) is 6.92 Å². The Hall–Kier alpha value is -2.73. The van der Waals surface area contributed by atoms with Crippen LogP contribution in [-0.2, 0) is 6.42 Å². The van der Waals surface area contributed by atoms with E-state index in [1.165, 1.54) is 4.70 Å². The number of rotatable bonds is 5. The smallest absolute Gasteiger partial charge is 0.271 e. The molecular weight excluding hydrogens is 332 g/mol. The number of nitrogens with zero attached hydrogens (tertiary/aromatic N) is 3. The van der Waals surface area contributed by atoms with Crippen LogP contribution in [0.1, 0.15) is 27.5 Å². The molecule has 1 amide bonds. The van der Waals surface area contributed by atoms with Crippen LogP contribution >= 0.6 is 11.3 Å². The molecule has 1 aromatic carbocycles. The minimum Gasteiger partial charge on any atom is -0.351 e. The Kier molecular flexibility index (Phi) is 4.19. The van der Waals surface area contributed by atoms with Crippen molar-refractivity contribution in [1.82, 2.24) is 19.7 Å². The van der Waals surface area contributed by atoms with Crippen molar-refractivity contribution in [2.45, 2.75) is 19.8 Å². The lowest BCUT2D eigenvalue weighted by molar-refractivity contribution is 0.0949. The molecule has 0 unspecified atom stereocenters. The number of hydrogen-bond acceptors (Lipinski definition) is 4. The third-order valence-electron chi connectivity index (χ3n) is 4.04. The van der Waals surface area contributed by atoms with E-state index in [0.717, 1.165) is 34.6 Å². The summed E-state index contributed by atoms with van der Waals surface area (Å²) in [6.07, 6.45) is 5.40. The summed E-state index contributed by atoms with van der Waals surface area (Å²) < 4.78 is 3.07. The van der Waals surface area contributed by atoms with E-state index in [4.69, 9.17) is 0 Å². The van der Waals surface area contributed by atoms with Crippen LogP contribution in [0.15, 0.2) is 48.8 Å². The topological polar surface area (TPSA) is 59.3 Å². The van der Waals surface area contributed by atoms with Crippen molar-refractivity contribution >= 4 is 33.1 Å². The fourth-order valence-electron chi connectivity index (χ4n) is 2.75. The number of fused-ring (bicyclic) bond motifs is 2. The Morgan fingerprint density at radius 2 is 2.12 bits per heavy atom. The van der Waals surface area contributed by atoms with Gasteiger partial charge in [0.1, 0.15) is 11.3 Å². The molecule has 3 aromatic heterocycles. The van der Waals surface area contributed by atoms with Gasteiger partial charge in [0, 0.05) is 25.4 Å². The number of amides is 1. The second kappa shape index (κ2) is 6.64. The average molecular weight is 350 g/mol. The quantitative estimate of drug-likeness (QED) is 0.559. The van der Waals surface area contributed by atoms with E-state index < -0.39 is 0 Å². The molecule has 0 saturated carbocycles. The normalized spacial score (nSPS) is 11.2. The Morgan fingerprint density at radius 3 is 3.00 bits per heavy atom. The number of pyridine rings is 1. The third kappa shape index (κ3) is 3.39. The van der Waals surface area contributed by atoms with Gasteiger partial charge < -0.3 is 9.72 Å². The van der Waals surface area contributed by atoms with Crippen molar-refractivity contribution in [3.05, 3.63) is 65.1 Å². The molecule has 0 atom stereocenters. The number of hydrogen-bond donors (Lipinski definition) is 1. The van der Waals surface area contributed by atoms with E-state index in [1.54, 1.807) is 17.5 Å². The van der Waals surface area contributed by atoms with Crippen molar-refractivity contribution in [1.29, 1.82) is 0 Å². The summed E-state index contributed by atoms with van der Waals surface area (Å²) in [6, 6.07) is 12.1. The maximum atomic E-state index is 12.3. The first-order chi connectivity index (χ1) is 12.2. The van der Waals surface area contributed by atoms with Gasteiger partial charge in [0.05, 0.1) is 15.2 Å². The number of benzene rings is 1. The first-order valence-corrected chi connectivity index (χ1v) is 9.09. The highest BCUT2D eigenvalue weighted by Gasteiger charge is 2.10. The molecule has 4 rings (SSSR count). The monoisotopic (exact) mass is 350 g/mol. The van der Waals surface area contributed by atoms with Crippen LogP contribution in [0.2, 0.25) is 0 Å². The Balaban J connectivity index is 1.33. The van der Waals surface area contributed by atoms with Gasteiger partial charge in [-0.25, -0.2) is 9.97 Å².